The molecule has 0 bridgehead atoms. The number of piperidine rings is 1. The molecule has 8 heteroatoms. The standard InChI is InChI=1S/C18H22FN3O3S/c1-13-10-18(21-14(2)20-13)25-17-4-3-9-22(11-17)26(23,24)12-15-5-7-16(19)8-6-15/h5-8,10,17H,3-4,9,11-12H2,1-2H3. The SMILES string of the molecule is Cc1cc(OC2CCCN(S(=O)(=O)Cc3ccc(F)cc3)C2)nc(C)n1. The number of hydrogen-bond acceptors (Lipinski definition) is 5. The van der Waals surface area contributed by atoms with E-state index in [1.807, 2.05) is 6.92 Å². The van der Waals surface area contributed by atoms with Gasteiger partial charge in [-0.25, -0.2) is 17.8 Å². The van der Waals surface area contributed by atoms with E-state index in [4.69, 9.17) is 4.74 Å². The predicted octanol–water partition coefficient (Wildman–Crippen LogP) is 2.61. The molecule has 1 atom stereocenters. The highest BCUT2D eigenvalue weighted by atomic mass is 32.2. The average Bonchev–Trinajstić information content (AvgIpc) is 2.56. The normalized spacial score (nSPS) is 18.7. The number of nitrogens with zero attached hydrogens (tertiary/aromatic N) is 3. The smallest absolute Gasteiger partial charge is 0.218 e. The number of sulfonamides is 1. The van der Waals surface area contributed by atoms with Crippen molar-refractivity contribution < 1.29 is 17.5 Å². The molecular formula is C18H22FN3O3S. The van der Waals surface area contributed by atoms with Gasteiger partial charge in [0, 0.05) is 18.3 Å². The maximum Gasteiger partial charge on any atom is 0.218 e. The van der Waals surface area contributed by atoms with Crippen LogP contribution in [0, 0.1) is 19.7 Å². The third-order valence-corrected chi connectivity index (χ3v) is 6.04. The molecule has 0 N–H and O–H groups in total. The van der Waals surface area contributed by atoms with Crippen LogP contribution in [0.3, 0.4) is 0 Å². The fraction of sp³-hybridized carbons (Fsp3) is 0.444. The van der Waals surface area contributed by atoms with Crippen LogP contribution in [0.25, 0.3) is 0 Å². The van der Waals surface area contributed by atoms with Crippen LogP contribution < -0.4 is 4.74 Å². The van der Waals surface area contributed by atoms with Gasteiger partial charge in [-0.05, 0) is 44.4 Å². The van der Waals surface area contributed by atoms with Gasteiger partial charge in [-0.3, -0.25) is 0 Å². The van der Waals surface area contributed by atoms with Crippen LogP contribution in [0.15, 0.2) is 30.3 Å². The highest BCUT2D eigenvalue weighted by Gasteiger charge is 2.30. The molecule has 1 aromatic carbocycles. The lowest BCUT2D eigenvalue weighted by molar-refractivity contribution is 0.124. The highest BCUT2D eigenvalue weighted by Crippen LogP contribution is 2.21. The minimum atomic E-state index is -3.49. The number of aromatic nitrogens is 2. The van der Waals surface area contributed by atoms with Crippen molar-refractivity contribution in [1.29, 1.82) is 0 Å². The first-order valence-corrected chi connectivity index (χ1v) is 10.1. The average molecular weight is 379 g/mol. The van der Waals surface area contributed by atoms with E-state index in [0.29, 0.717) is 23.8 Å². The molecule has 0 spiro atoms. The molecular weight excluding hydrogens is 357 g/mol. The molecule has 0 radical (unpaired) electrons. The molecule has 140 valence electrons. The molecule has 1 unspecified atom stereocenters. The summed E-state index contributed by atoms with van der Waals surface area (Å²) in [7, 11) is -3.49. The van der Waals surface area contributed by atoms with E-state index >= 15 is 0 Å². The Bertz CT molecular complexity index is 852. The van der Waals surface area contributed by atoms with Crippen LogP contribution in [-0.4, -0.2) is 41.9 Å². The van der Waals surface area contributed by atoms with Gasteiger partial charge in [-0.2, -0.15) is 9.29 Å². The van der Waals surface area contributed by atoms with Crippen molar-refractivity contribution in [2.45, 2.75) is 38.5 Å². The fourth-order valence-corrected chi connectivity index (χ4v) is 4.65. The minimum absolute atomic E-state index is 0.147. The van der Waals surface area contributed by atoms with E-state index in [-0.39, 0.29) is 24.2 Å². The summed E-state index contributed by atoms with van der Waals surface area (Å²) in [6, 6.07) is 7.28. The van der Waals surface area contributed by atoms with Crippen molar-refractivity contribution in [1.82, 2.24) is 14.3 Å². The molecule has 26 heavy (non-hydrogen) atoms. The fourth-order valence-electron chi connectivity index (χ4n) is 3.05. The van der Waals surface area contributed by atoms with E-state index in [9.17, 15) is 12.8 Å². The summed E-state index contributed by atoms with van der Waals surface area (Å²) in [5.41, 5.74) is 1.38. The number of aryl methyl sites for hydroxylation is 2. The van der Waals surface area contributed by atoms with Gasteiger partial charge in [0.1, 0.15) is 17.7 Å². The molecule has 1 fully saturated rings. The van der Waals surface area contributed by atoms with Gasteiger partial charge in [0.25, 0.3) is 0 Å². The molecule has 1 saturated heterocycles. The van der Waals surface area contributed by atoms with Gasteiger partial charge in [-0.1, -0.05) is 12.1 Å². The quantitative estimate of drug-likeness (QED) is 0.798. The summed E-state index contributed by atoms with van der Waals surface area (Å²) in [6.07, 6.45) is 1.24. The molecule has 0 saturated carbocycles. The van der Waals surface area contributed by atoms with Gasteiger partial charge in [0.2, 0.25) is 15.9 Å². The molecule has 3 rings (SSSR count). The van der Waals surface area contributed by atoms with Crippen LogP contribution in [0.1, 0.15) is 29.9 Å². The number of halogens is 1. The Morgan fingerprint density at radius 2 is 1.96 bits per heavy atom. The molecule has 2 heterocycles. The zero-order valence-corrected chi connectivity index (χ0v) is 15.7. The van der Waals surface area contributed by atoms with Gasteiger partial charge >= 0.3 is 0 Å². The first kappa shape index (κ1) is 18.7. The Labute approximate surface area is 153 Å². The van der Waals surface area contributed by atoms with Crippen LogP contribution in [0.5, 0.6) is 5.88 Å². The van der Waals surface area contributed by atoms with Crippen LogP contribution in [0.2, 0.25) is 0 Å². The van der Waals surface area contributed by atoms with Crippen molar-refractivity contribution in [2.75, 3.05) is 13.1 Å². The third-order valence-electron chi connectivity index (χ3n) is 4.23. The van der Waals surface area contributed by atoms with Crippen LogP contribution in [0.4, 0.5) is 4.39 Å². The summed E-state index contributed by atoms with van der Waals surface area (Å²) in [6.45, 7) is 4.40. The van der Waals surface area contributed by atoms with Crippen molar-refractivity contribution in [3.05, 3.63) is 53.2 Å². The first-order valence-electron chi connectivity index (χ1n) is 8.53. The van der Waals surface area contributed by atoms with E-state index < -0.39 is 10.0 Å². The lowest BCUT2D eigenvalue weighted by Gasteiger charge is -2.32. The molecule has 0 aliphatic carbocycles. The van der Waals surface area contributed by atoms with Crippen molar-refractivity contribution in [3.63, 3.8) is 0 Å². The second-order valence-electron chi connectivity index (χ2n) is 6.52. The van der Waals surface area contributed by atoms with Crippen molar-refractivity contribution >= 4 is 10.0 Å². The van der Waals surface area contributed by atoms with Gasteiger partial charge in [0.15, 0.2) is 0 Å². The molecule has 1 aromatic heterocycles. The maximum absolute atomic E-state index is 13.0. The van der Waals surface area contributed by atoms with E-state index in [2.05, 4.69) is 9.97 Å². The number of ether oxygens (including phenoxy) is 1. The summed E-state index contributed by atoms with van der Waals surface area (Å²) >= 11 is 0. The van der Waals surface area contributed by atoms with Crippen molar-refractivity contribution in [2.24, 2.45) is 0 Å². The Hall–Kier alpha value is -2.06. The lowest BCUT2D eigenvalue weighted by atomic mass is 10.1. The lowest BCUT2D eigenvalue weighted by Crippen LogP contribution is -2.44. The summed E-state index contributed by atoms with van der Waals surface area (Å²) in [5, 5.41) is 0. The highest BCUT2D eigenvalue weighted by molar-refractivity contribution is 7.88. The van der Waals surface area contributed by atoms with Gasteiger partial charge < -0.3 is 4.74 Å². The van der Waals surface area contributed by atoms with Gasteiger partial charge in [0.05, 0.1) is 12.3 Å². The monoisotopic (exact) mass is 379 g/mol. The van der Waals surface area contributed by atoms with E-state index in [1.165, 1.54) is 28.6 Å². The molecule has 6 nitrogen and oxygen atoms in total. The Balaban J connectivity index is 1.67. The largest absolute Gasteiger partial charge is 0.473 e. The number of hydrogen-bond donors (Lipinski definition) is 0. The van der Waals surface area contributed by atoms with Crippen LogP contribution >= 0.6 is 0 Å². The topological polar surface area (TPSA) is 72.4 Å². The molecule has 2 aromatic rings. The zero-order valence-electron chi connectivity index (χ0n) is 14.9. The Morgan fingerprint density at radius 1 is 1.23 bits per heavy atom. The van der Waals surface area contributed by atoms with Crippen LogP contribution in [-0.2, 0) is 15.8 Å². The number of benzene rings is 1. The Kier molecular flexibility index (Phi) is 5.52. The van der Waals surface area contributed by atoms with E-state index in [0.717, 1.165) is 18.5 Å². The first-order chi connectivity index (χ1) is 12.3. The zero-order chi connectivity index (χ0) is 18.7. The van der Waals surface area contributed by atoms with Gasteiger partial charge in [-0.15, -0.1) is 0 Å². The molecule has 1 aliphatic rings. The Morgan fingerprint density at radius 3 is 2.65 bits per heavy atom. The number of rotatable bonds is 5. The second-order valence-corrected chi connectivity index (χ2v) is 8.49. The predicted molar refractivity (Wildman–Crippen MR) is 95.8 cm³/mol. The molecule has 1 aliphatic heterocycles. The maximum atomic E-state index is 13.0. The summed E-state index contributed by atoms with van der Waals surface area (Å²) in [4.78, 5) is 8.46. The third kappa shape index (κ3) is 4.76. The van der Waals surface area contributed by atoms with Crippen molar-refractivity contribution in [3.8, 4) is 5.88 Å². The minimum Gasteiger partial charge on any atom is -0.473 e. The summed E-state index contributed by atoms with van der Waals surface area (Å²) < 4.78 is 45.7. The molecule has 0 amide bonds. The van der Waals surface area contributed by atoms with E-state index in [1.54, 1.807) is 13.0 Å². The summed E-state index contributed by atoms with van der Waals surface area (Å²) in [5.74, 6) is 0.563. The second kappa shape index (κ2) is 7.67.